The molecule has 1 unspecified atom stereocenters. The number of alkyl carbamates (subject to hydrolysis) is 1. The maximum atomic E-state index is 12.1. The summed E-state index contributed by atoms with van der Waals surface area (Å²) in [6.07, 6.45) is -0.500. The second kappa shape index (κ2) is 8.41. The van der Waals surface area contributed by atoms with Crippen molar-refractivity contribution in [1.82, 2.24) is 10.6 Å². The molecule has 1 rings (SSSR count). The Bertz CT molecular complexity index is 520. The van der Waals surface area contributed by atoms with E-state index in [1.807, 2.05) is 13.8 Å². The van der Waals surface area contributed by atoms with Gasteiger partial charge >= 0.3 is 6.09 Å². The third-order valence-corrected chi connectivity index (χ3v) is 2.76. The molecule has 0 heterocycles. The molecule has 0 fully saturated rings. The van der Waals surface area contributed by atoms with Crippen LogP contribution in [0.1, 0.15) is 45.0 Å². The molecule has 1 aromatic rings. The second-order valence-corrected chi connectivity index (χ2v) is 6.21. The van der Waals surface area contributed by atoms with Gasteiger partial charge in [-0.2, -0.15) is 0 Å². The SMILES string of the molecule is CCOc1ccc(C(=O)NC(C)CNC(=O)OC(C)(C)C)cc1. The Morgan fingerprint density at radius 1 is 1.17 bits per heavy atom. The molecule has 1 aromatic carbocycles. The van der Waals surface area contributed by atoms with Crippen LogP contribution in [0.25, 0.3) is 0 Å². The van der Waals surface area contributed by atoms with E-state index in [1.165, 1.54) is 0 Å². The van der Waals surface area contributed by atoms with E-state index < -0.39 is 11.7 Å². The summed E-state index contributed by atoms with van der Waals surface area (Å²) >= 11 is 0. The highest BCUT2D eigenvalue weighted by molar-refractivity contribution is 5.94. The van der Waals surface area contributed by atoms with Gasteiger partial charge in [0.2, 0.25) is 0 Å². The highest BCUT2D eigenvalue weighted by Gasteiger charge is 2.17. The number of nitrogens with one attached hydrogen (secondary N) is 2. The van der Waals surface area contributed by atoms with Gasteiger partial charge in [-0.3, -0.25) is 4.79 Å². The first kappa shape index (κ1) is 18.8. The first-order valence-electron chi connectivity index (χ1n) is 7.72. The van der Waals surface area contributed by atoms with Gasteiger partial charge < -0.3 is 20.1 Å². The third-order valence-electron chi connectivity index (χ3n) is 2.76. The number of amides is 2. The molecule has 0 bridgehead atoms. The summed E-state index contributed by atoms with van der Waals surface area (Å²) in [6.45, 7) is 9.97. The molecule has 0 radical (unpaired) electrons. The Hall–Kier alpha value is -2.24. The molecule has 0 aliphatic heterocycles. The quantitative estimate of drug-likeness (QED) is 0.844. The van der Waals surface area contributed by atoms with Gasteiger partial charge in [-0.05, 0) is 58.9 Å². The highest BCUT2D eigenvalue weighted by atomic mass is 16.6. The van der Waals surface area contributed by atoms with Gasteiger partial charge in [-0.25, -0.2) is 4.79 Å². The van der Waals surface area contributed by atoms with Gasteiger partial charge in [0.15, 0.2) is 0 Å². The molecule has 0 aromatic heterocycles. The minimum atomic E-state index is -0.543. The number of hydrogen-bond donors (Lipinski definition) is 2. The zero-order chi connectivity index (χ0) is 17.5. The number of ether oxygens (including phenoxy) is 2. The number of rotatable bonds is 6. The van der Waals surface area contributed by atoms with Crippen molar-refractivity contribution in [1.29, 1.82) is 0 Å². The van der Waals surface area contributed by atoms with Crippen LogP contribution in [0.3, 0.4) is 0 Å². The van der Waals surface area contributed by atoms with E-state index in [1.54, 1.807) is 45.0 Å². The van der Waals surface area contributed by atoms with E-state index in [2.05, 4.69) is 10.6 Å². The van der Waals surface area contributed by atoms with Crippen molar-refractivity contribution in [2.75, 3.05) is 13.2 Å². The smallest absolute Gasteiger partial charge is 0.407 e. The van der Waals surface area contributed by atoms with Crippen molar-refractivity contribution < 1.29 is 19.1 Å². The lowest BCUT2D eigenvalue weighted by Gasteiger charge is -2.21. The fourth-order valence-corrected chi connectivity index (χ4v) is 1.78. The topological polar surface area (TPSA) is 76.7 Å². The van der Waals surface area contributed by atoms with Crippen LogP contribution >= 0.6 is 0 Å². The maximum Gasteiger partial charge on any atom is 0.407 e. The van der Waals surface area contributed by atoms with Crippen molar-refractivity contribution in [3.05, 3.63) is 29.8 Å². The lowest BCUT2D eigenvalue weighted by Crippen LogP contribution is -2.43. The molecule has 0 spiro atoms. The monoisotopic (exact) mass is 322 g/mol. The van der Waals surface area contributed by atoms with Crippen LogP contribution in [0.2, 0.25) is 0 Å². The largest absolute Gasteiger partial charge is 0.494 e. The highest BCUT2D eigenvalue weighted by Crippen LogP contribution is 2.12. The maximum absolute atomic E-state index is 12.1. The molecule has 6 heteroatoms. The predicted molar refractivity (Wildman–Crippen MR) is 88.8 cm³/mol. The van der Waals surface area contributed by atoms with E-state index >= 15 is 0 Å². The molecular formula is C17H26N2O4. The Labute approximate surface area is 137 Å². The van der Waals surface area contributed by atoms with E-state index in [-0.39, 0.29) is 18.5 Å². The van der Waals surface area contributed by atoms with Crippen molar-refractivity contribution in [2.45, 2.75) is 46.3 Å². The van der Waals surface area contributed by atoms with Crippen LogP contribution in [-0.2, 0) is 4.74 Å². The molecule has 0 saturated heterocycles. The summed E-state index contributed by atoms with van der Waals surface area (Å²) in [4.78, 5) is 23.7. The molecule has 6 nitrogen and oxygen atoms in total. The molecule has 2 N–H and O–H groups in total. The fourth-order valence-electron chi connectivity index (χ4n) is 1.78. The van der Waals surface area contributed by atoms with E-state index in [9.17, 15) is 9.59 Å². The van der Waals surface area contributed by atoms with Crippen molar-refractivity contribution in [2.24, 2.45) is 0 Å². The first-order valence-corrected chi connectivity index (χ1v) is 7.72. The van der Waals surface area contributed by atoms with Crippen LogP contribution in [0.15, 0.2) is 24.3 Å². The normalized spacial score (nSPS) is 12.2. The summed E-state index contributed by atoms with van der Waals surface area (Å²) in [6, 6.07) is 6.69. The predicted octanol–water partition coefficient (Wildman–Crippen LogP) is 2.73. The molecule has 128 valence electrons. The lowest BCUT2D eigenvalue weighted by molar-refractivity contribution is 0.0521. The number of benzene rings is 1. The van der Waals surface area contributed by atoms with Crippen LogP contribution in [0.4, 0.5) is 4.79 Å². The minimum Gasteiger partial charge on any atom is -0.494 e. The first-order chi connectivity index (χ1) is 10.7. The standard InChI is InChI=1S/C17H26N2O4/c1-6-22-14-9-7-13(8-10-14)15(20)19-12(2)11-18-16(21)23-17(3,4)5/h7-10,12H,6,11H2,1-5H3,(H,18,21)(H,19,20). The Kier molecular flexibility index (Phi) is 6.88. The van der Waals surface area contributed by atoms with E-state index in [4.69, 9.17) is 9.47 Å². The summed E-state index contributed by atoms with van der Waals surface area (Å²) in [5, 5.41) is 5.44. The summed E-state index contributed by atoms with van der Waals surface area (Å²) in [5.74, 6) is 0.523. The summed E-state index contributed by atoms with van der Waals surface area (Å²) < 4.78 is 10.5. The van der Waals surface area contributed by atoms with Gasteiger partial charge in [0.25, 0.3) is 5.91 Å². The molecule has 0 aliphatic carbocycles. The zero-order valence-corrected chi connectivity index (χ0v) is 14.4. The van der Waals surface area contributed by atoms with Crippen molar-refractivity contribution in [3.8, 4) is 5.75 Å². The van der Waals surface area contributed by atoms with Crippen LogP contribution in [-0.4, -0.2) is 36.8 Å². The average Bonchev–Trinajstić information content (AvgIpc) is 2.44. The van der Waals surface area contributed by atoms with Crippen LogP contribution in [0.5, 0.6) is 5.75 Å². The van der Waals surface area contributed by atoms with Gasteiger partial charge in [-0.1, -0.05) is 0 Å². The molecule has 0 saturated carbocycles. The summed E-state index contributed by atoms with van der Waals surface area (Å²) in [5.41, 5.74) is -0.00336. The Morgan fingerprint density at radius 2 is 1.78 bits per heavy atom. The van der Waals surface area contributed by atoms with Gasteiger partial charge in [-0.15, -0.1) is 0 Å². The number of hydrogen-bond acceptors (Lipinski definition) is 4. The molecular weight excluding hydrogens is 296 g/mol. The fraction of sp³-hybridized carbons (Fsp3) is 0.529. The molecule has 0 aliphatic rings. The van der Waals surface area contributed by atoms with Crippen LogP contribution < -0.4 is 15.4 Å². The second-order valence-electron chi connectivity index (χ2n) is 6.21. The van der Waals surface area contributed by atoms with E-state index in [0.29, 0.717) is 12.2 Å². The van der Waals surface area contributed by atoms with Crippen LogP contribution in [0, 0.1) is 0 Å². The molecule has 2 amide bonds. The minimum absolute atomic E-state index is 0.202. The summed E-state index contributed by atoms with van der Waals surface area (Å²) in [7, 11) is 0. The lowest BCUT2D eigenvalue weighted by atomic mass is 10.2. The Balaban J connectivity index is 2.42. The van der Waals surface area contributed by atoms with Crippen molar-refractivity contribution >= 4 is 12.0 Å². The van der Waals surface area contributed by atoms with Gasteiger partial charge in [0, 0.05) is 18.2 Å². The van der Waals surface area contributed by atoms with Gasteiger partial charge in [0.1, 0.15) is 11.4 Å². The number of carbonyl (C=O) groups is 2. The molecule has 1 atom stereocenters. The van der Waals surface area contributed by atoms with Gasteiger partial charge in [0.05, 0.1) is 6.61 Å². The third kappa shape index (κ3) is 7.54. The number of carbonyl (C=O) groups excluding carboxylic acids is 2. The van der Waals surface area contributed by atoms with Crippen molar-refractivity contribution in [3.63, 3.8) is 0 Å². The van der Waals surface area contributed by atoms with E-state index in [0.717, 1.165) is 5.75 Å². The average molecular weight is 322 g/mol. The zero-order valence-electron chi connectivity index (χ0n) is 14.4. The molecule has 23 heavy (non-hydrogen) atoms. The Morgan fingerprint density at radius 3 is 2.30 bits per heavy atom.